The normalized spacial score (nSPS) is 10.7. The third kappa shape index (κ3) is 4.44. The number of anilines is 1. The Labute approximate surface area is 152 Å². The van der Waals surface area contributed by atoms with Gasteiger partial charge in [-0.1, -0.05) is 11.8 Å². The van der Waals surface area contributed by atoms with Crippen LogP contribution in [-0.2, 0) is 23.1 Å². The second kappa shape index (κ2) is 8.74. The van der Waals surface area contributed by atoms with E-state index in [4.69, 9.17) is 4.74 Å². The van der Waals surface area contributed by atoms with E-state index in [-0.39, 0.29) is 11.7 Å². The van der Waals surface area contributed by atoms with Gasteiger partial charge in [0.1, 0.15) is 11.9 Å². The summed E-state index contributed by atoms with van der Waals surface area (Å²) >= 11 is 1.36. The van der Waals surface area contributed by atoms with Gasteiger partial charge in [-0.15, -0.1) is 0 Å². The van der Waals surface area contributed by atoms with Crippen molar-refractivity contribution in [3.8, 4) is 6.07 Å². The highest BCUT2D eigenvalue weighted by Gasteiger charge is 2.19. The second-order valence-corrected chi connectivity index (χ2v) is 6.64. The molecule has 0 aliphatic rings. The molecule has 7 nitrogen and oxygen atoms in total. The van der Waals surface area contributed by atoms with Crippen LogP contribution in [0.15, 0.2) is 17.6 Å². The first-order valence-electron chi connectivity index (χ1n) is 7.98. The molecule has 0 aromatic carbocycles. The van der Waals surface area contributed by atoms with Gasteiger partial charge in [0.2, 0.25) is 5.91 Å². The Morgan fingerprint density at radius 1 is 1.48 bits per heavy atom. The van der Waals surface area contributed by atoms with Crippen LogP contribution >= 0.6 is 11.8 Å². The Bertz CT molecular complexity index is 788. The first-order valence-corrected chi connectivity index (χ1v) is 8.96. The van der Waals surface area contributed by atoms with Crippen LogP contribution in [0.2, 0.25) is 0 Å². The summed E-state index contributed by atoms with van der Waals surface area (Å²) in [6.45, 7) is 5.17. The average molecular weight is 361 g/mol. The van der Waals surface area contributed by atoms with Gasteiger partial charge in [0.25, 0.3) is 0 Å². The Morgan fingerprint density at radius 2 is 2.24 bits per heavy atom. The van der Waals surface area contributed by atoms with Crippen molar-refractivity contribution in [3.05, 3.63) is 29.2 Å². The van der Waals surface area contributed by atoms with Gasteiger partial charge in [0, 0.05) is 45.4 Å². The molecular weight excluding hydrogens is 338 g/mol. The number of aryl methyl sites for hydroxylation is 1. The Kier molecular flexibility index (Phi) is 6.67. The fraction of sp³-hybridized carbons (Fsp3) is 0.471. The summed E-state index contributed by atoms with van der Waals surface area (Å²) in [4.78, 5) is 16.6. The number of rotatable bonds is 8. The Morgan fingerprint density at radius 3 is 2.84 bits per heavy atom. The molecular formula is C17H23N5O2S. The van der Waals surface area contributed by atoms with E-state index in [1.165, 1.54) is 11.8 Å². The molecule has 0 radical (unpaired) electrons. The van der Waals surface area contributed by atoms with Crippen LogP contribution in [0.25, 0.3) is 0 Å². The smallest absolute Gasteiger partial charge is 0.235 e. The predicted octanol–water partition coefficient (Wildman–Crippen LogP) is 2.48. The fourth-order valence-corrected chi connectivity index (χ4v) is 3.30. The van der Waals surface area contributed by atoms with E-state index in [0.717, 1.165) is 22.8 Å². The topological polar surface area (TPSA) is 84.9 Å². The molecule has 2 rings (SSSR count). The van der Waals surface area contributed by atoms with Crippen LogP contribution < -0.4 is 5.32 Å². The number of carbonyl (C=O) groups excluding carboxylic acids is 1. The van der Waals surface area contributed by atoms with E-state index in [2.05, 4.69) is 16.4 Å². The number of nitrogens with one attached hydrogen (secondary N) is 1. The molecule has 0 saturated carbocycles. The highest BCUT2D eigenvalue weighted by atomic mass is 32.2. The van der Waals surface area contributed by atoms with Gasteiger partial charge >= 0.3 is 0 Å². The molecule has 2 aromatic rings. The number of imidazole rings is 1. The summed E-state index contributed by atoms with van der Waals surface area (Å²) in [5.41, 5.74) is 2.40. The summed E-state index contributed by atoms with van der Waals surface area (Å²) in [6.07, 6.45) is 4.34. The van der Waals surface area contributed by atoms with E-state index >= 15 is 0 Å². The van der Waals surface area contributed by atoms with E-state index < -0.39 is 0 Å². The summed E-state index contributed by atoms with van der Waals surface area (Å²) in [5.74, 6) is 0.644. The quantitative estimate of drug-likeness (QED) is 0.577. The molecule has 0 unspecified atom stereocenters. The average Bonchev–Trinajstić information content (AvgIpc) is 3.09. The highest BCUT2D eigenvalue weighted by Crippen LogP contribution is 2.27. The van der Waals surface area contributed by atoms with Crippen LogP contribution in [0.3, 0.4) is 0 Å². The zero-order chi connectivity index (χ0) is 18.4. The molecule has 25 heavy (non-hydrogen) atoms. The molecule has 0 saturated heterocycles. The number of hydrogen-bond acceptors (Lipinski definition) is 5. The molecule has 134 valence electrons. The second-order valence-electron chi connectivity index (χ2n) is 5.70. The van der Waals surface area contributed by atoms with E-state index in [1.807, 2.05) is 36.2 Å². The van der Waals surface area contributed by atoms with Crippen molar-refractivity contribution in [3.63, 3.8) is 0 Å². The molecule has 8 heteroatoms. The SMILES string of the molecule is COCCCn1c(C)c(C)c(C#N)c1NC(=O)CSc1nccn1C. The van der Waals surface area contributed by atoms with Crippen LogP contribution in [0.5, 0.6) is 0 Å². The lowest BCUT2D eigenvalue weighted by atomic mass is 10.2. The minimum Gasteiger partial charge on any atom is -0.385 e. The molecule has 2 heterocycles. The van der Waals surface area contributed by atoms with Gasteiger partial charge < -0.3 is 19.2 Å². The maximum absolute atomic E-state index is 12.4. The van der Waals surface area contributed by atoms with Crippen LogP contribution in [-0.4, -0.2) is 39.5 Å². The van der Waals surface area contributed by atoms with E-state index in [0.29, 0.717) is 24.5 Å². The third-order valence-corrected chi connectivity index (χ3v) is 5.10. The molecule has 2 aromatic heterocycles. The number of nitrogens with zero attached hydrogens (tertiary/aromatic N) is 4. The van der Waals surface area contributed by atoms with Gasteiger partial charge in [0.15, 0.2) is 5.16 Å². The lowest BCUT2D eigenvalue weighted by molar-refractivity contribution is -0.113. The maximum Gasteiger partial charge on any atom is 0.235 e. The van der Waals surface area contributed by atoms with Gasteiger partial charge in [-0.3, -0.25) is 4.79 Å². The number of ether oxygens (including phenoxy) is 1. The van der Waals surface area contributed by atoms with Crippen LogP contribution in [0.1, 0.15) is 23.2 Å². The summed E-state index contributed by atoms with van der Waals surface area (Å²) < 4.78 is 8.94. The molecule has 0 atom stereocenters. The third-order valence-electron chi connectivity index (χ3n) is 4.04. The summed E-state index contributed by atoms with van der Waals surface area (Å²) in [7, 11) is 3.54. The largest absolute Gasteiger partial charge is 0.385 e. The van der Waals surface area contributed by atoms with E-state index in [1.54, 1.807) is 13.3 Å². The fourth-order valence-electron chi connectivity index (χ4n) is 2.57. The molecule has 0 spiro atoms. The monoisotopic (exact) mass is 361 g/mol. The van der Waals surface area contributed by atoms with Gasteiger partial charge in [-0.05, 0) is 25.8 Å². The zero-order valence-electron chi connectivity index (χ0n) is 15.0. The Balaban J connectivity index is 2.13. The predicted molar refractivity (Wildman–Crippen MR) is 97.7 cm³/mol. The Hall–Kier alpha value is -2.24. The number of aromatic nitrogens is 3. The van der Waals surface area contributed by atoms with Crippen molar-refractivity contribution in [1.29, 1.82) is 5.26 Å². The van der Waals surface area contributed by atoms with Crippen molar-refractivity contribution in [1.82, 2.24) is 14.1 Å². The van der Waals surface area contributed by atoms with Crippen molar-refractivity contribution in [2.24, 2.45) is 7.05 Å². The maximum atomic E-state index is 12.4. The molecule has 0 aliphatic heterocycles. The molecule has 0 aliphatic carbocycles. The van der Waals surface area contributed by atoms with Crippen LogP contribution in [0.4, 0.5) is 5.82 Å². The summed E-state index contributed by atoms with van der Waals surface area (Å²) in [5, 5.41) is 13.2. The highest BCUT2D eigenvalue weighted by molar-refractivity contribution is 7.99. The van der Waals surface area contributed by atoms with Crippen molar-refractivity contribution < 1.29 is 9.53 Å². The van der Waals surface area contributed by atoms with Crippen molar-refractivity contribution in [2.75, 3.05) is 24.8 Å². The number of hydrogen-bond donors (Lipinski definition) is 1. The zero-order valence-corrected chi connectivity index (χ0v) is 15.8. The molecule has 0 fully saturated rings. The number of amides is 1. The van der Waals surface area contributed by atoms with Gasteiger partial charge in [-0.25, -0.2) is 4.98 Å². The number of nitriles is 1. The molecule has 1 amide bonds. The molecule has 1 N–H and O–H groups in total. The van der Waals surface area contributed by atoms with Crippen molar-refractivity contribution in [2.45, 2.75) is 32.0 Å². The van der Waals surface area contributed by atoms with E-state index in [9.17, 15) is 10.1 Å². The van der Waals surface area contributed by atoms with Gasteiger partial charge in [-0.2, -0.15) is 5.26 Å². The van der Waals surface area contributed by atoms with Gasteiger partial charge in [0.05, 0.1) is 11.3 Å². The first kappa shape index (κ1) is 19.1. The van der Waals surface area contributed by atoms with Crippen molar-refractivity contribution >= 4 is 23.5 Å². The molecule has 0 bridgehead atoms. The number of methoxy groups -OCH3 is 1. The van der Waals surface area contributed by atoms with Crippen LogP contribution in [0, 0.1) is 25.2 Å². The summed E-state index contributed by atoms with van der Waals surface area (Å²) in [6, 6.07) is 2.21. The standard InChI is InChI=1S/C17H23N5O2S/c1-12-13(2)22(7-5-9-24-4)16(14(12)10-18)20-15(23)11-25-17-19-6-8-21(17)3/h6,8H,5,7,9,11H2,1-4H3,(H,20,23). The minimum atomic E-state index is -0.157. The number of carbonyl (C=O) groups is 1. The lowest BCUT2D eigenvalue weighted by Gasteiger charge is -2.13. The number of thioether (sulfide) groups is 1. The lowest BCUT2D eigenvalue weighted by Crippen LogP contribution is -2.19. The minimum absolute atomic E-state index is 0.157. The first-order chi connectivity index (χ1) is 12.0.